The summed E-state index contributed by atoms with van der Waals surface area (Å²) in [6.45, 7) is 8.00. The average Bonchev–Trinajstić information content (AvgIpc) is 3.03. The van der Waals surface area contributed by atoms with Crippen LogP contribution in [-0.2, 0) is 13.6 Å². The molecule has 3 heterocycles. The van der Waals surface area contributed by atoms with Crippen LogP contribution in [0.2, 0.25) is 0 Å². The summed E-state index contributed by atoms with van der Waals surface area (Å²) in [5, 5.41) is 13.7. The average molecular weight is 423 g/mol. The van der Waals surface area contributed by atoms with Crippen molar-refractivity contribution in [1.82, 2.24) is 25.3 Å². The molecule has 164 valence electrons. The van der Waals surface area contributed by atoms with E-state index < -0.39 is 5.91 Å². The minimum Gasteiger partial charge on any atom is -0.348 e. The zero-order valence-corrected chi connectivity index (χ0v) is 18.4. The number of aryl methyl sites for hydroxylation is 2. The van der Waals surface area contributed by atoms with E-state index >= 15 is 0 Å². The first-order valence-electron chi connectivity index (χ1n) is 10.7. The Balaban J connectivity index is 1.30. The summed E-state index contributed by atoms with van der Waals surface area (Å²) in [6.07, 6.45) is 5.03. The molecule has 8 nitrogen and oxygen atoms in total. The zero-order chi connectivity index (χ0) is 22.0. The van der Waals surface area contributed by atoms with Crippen LogP contribution in [-0.4, -0.2) is 45.3 Å². The second kappa shape index (κ2) is 9.03. The molecule has 1 aromatic carbocycles. The van der Waals surface area contributed by atoms with E-state index in [1.807, 2.05) is 0 Å². The first-order chi connectivity index (χ1) is 15.0. The van der Waals surface area contributed by atoms with Gasteiger partial charge in [0.15, 0.2) is 0 Å². The maximum absolute atomic E-state index is 11.4. The normalized spacial score (nSPS) is 14.9. The number of carbonyl (C=O) groups is 1. The number of fused-ring (bicyclic) bond motifs is 1. The molecule has 4 rings (SSSR count). The monoisotopic (exact) mass is 422 g/mol. The first kappa shape index (κ1) is 21.3. The first-order valence-corrected chi connectivity index (χ1v) is 10.7. The number of anilines is 1. The highest BCUT2D eigenvalue weighted by Crippen LogP contribution is 2.26. The highest BCUT2D eigenvalue weighted by Gasteiger charge is 2.21. The Morgan fingerprint density at radius 3 is 2.58 bits per heavy atom. The molecular weight excluding hydrogens is 392 g/mol. The molecule has 1 fully saturated rings. The largest absolute Gasteiger partial charge is 0.348 e. The molecule has 0 atom stereocenters. The molecule has 2 aromatic heterocycles. The molecule has 3 aromatic rings. The van der Waals surface area contributed by atoms with E-state index in [4.69, 9.17) is 5.21 Å². The molecule has 31 heavy (non-hydrogen) atoms. The third kappa shape index (κ3) is 4.40. The zero-order valence-electron chi connectivity index (χ0n) is 18.4. The number of benzene rings is 1. The van der Waals surface area contributed by atoms with Crippen molar-refractivity contribution in [3.63, 3.8) is 0 Å². The van der Waals surface area contributed by atoms with Crippen LogP contribution >= 0.6 is 0 Å². The molecule has 0 radical (unpaired) electrons. The predicted octanol–water partition coefficient (Wildman–Crippen LogP) is 2.71. The van der Waals surface area contributed by atoms with E-state index in [0.29, 0.717) is 11.9 Å². The summed E-state index contributed by atoms with van der Waals surface area (Å²) >= 11 is 0. The Morgan fingerprint density at radius 1 is 1.19 bits per heavy atom. The Labute approximate surface area is 182 Å². The highest BCUT2D eigenvalue weighted by atomic mass is 16.5. The number of carbonyl (C=O) groups excluding carboxylic acids is 1. The van der Waals surface area contributed by atoms with Crippen molar-refractivity contribution >= 4 is 22.8 Å². The number of amides is 1. The van der Waals surface area contributed by atoms with Gasteiger partial charge in [-0.25, -0.2) is 15.4 Å². The van der Waals surface area contributed by atoms with Crippen LogP contribution < -0.4 is 15.7 Å². The van der Waals surface area contributed by atoms with E-state index in [0.717, 1.165) is 39.0 Å². The molecule has 1 amide bonds. The van der Waals surface area contributed by atoms with Crippen molar-refractivity contribution in [3.05, 3.63) is 53.0 Å². The number of rotatable bonds is 6. The minimum absolute atomic E-state index is 0.240. The molecule has 8 heteroatoms. The second-order valence-electron chi connectivity index (χ2n) is 8.42. The Bertz CT molecular complexity index is 1070. The van der Waals surface area contributed by atoms with Crippen LogP contribution in [0.5, 0.6) is 0 Å². The van der Waals surface area contributed by atoms with Gasteiger partial charge in [0, 0.05) is 55.7 Å². The van der Waals surface area contributed by atoms with Gasteiger partial charge in [0.25, 0.3) is 5.91 Å². The van der Waals surface area contributed by atoms with E-state index in [9.17, 15) is 4.79 Å². The van der Waals surface area contributed by atoms with E-state index in [1.54, 1.807) is 5.48 Å². The van der Waals surface area contributed by atoms with Gasteiger partial charge in [-0.2, -0.15) is 0 Å². The lowest BCUT2D eigenvalue weighted by Gasteiger charge is -2.32. The van der Waals surface area contributed by atoms with E-state index in [1.165, 1.54) is 40.1 Å². The maximum atomic E-state index is 11.4. The number of hydroxylamine groups is 1. The molecule has 0 aliphatic carbocycles. The molecule has 0 spiro atoms. The molecule has 0 saturated carbocycles. The van der Waals surface area contributed by atoms with Gasteiger partial charge in [-0.3, -0.25) is 10.0 Å². The number of piperidine rings is 1. The Morgan fingerprint density at radius 2 is 1.90 bits per heavy atom. The van der Waals surface area contributed by atoms with Gasteiger partial charge in [-0.15, -0.1) is 0 Å². The summed E-state index contributed by atoms with van der Waals surface area (Å²) in [5.74, 6) is 0.642. The topological polar surface area (TPSA) is 95.3 Å². The Hall–Kier alpha value is -2.97. The van der Waals surface area contributed by atoms with Crippen molar-refractivity contribution < 1.29 is 10.0 Å². The highest BCUT2D eigenvalue weighted by molar-refractivity contribution is 5.92. The number of hydrogen-bond acceptors (Lipinski definition) is 6. The van der Waals surface area contributed by atoms with Crippen LogP contribution in [0.3, 0.4) is 0 Å². The van der Waals surface area contributed by atoms with Gasteiger partial charge < -0.3 is 14.8 Å². The lowest BCUT2D eigenvalue weighted by Crippen LogP contribution is -2.38. The van der Waals surface area contributed by atoms with Gasteiger partial charge in [-0.1, -0.05) is 11.6 Å². The van der Waals surface area contributed by atoms with Crippen molar-refractivity contribution in [2.24, 2.45) is 13.0 Å². The molecular formula is C23H30N6O2. The SMILES string of the molecule is Cc1ccc2c(c1)c(CNCC1CCN(c3ncc(C(=O)NO)cn3)CC1)c(C)n2C. The van der Waals surface area contributed by atoms with Crippen LogP contribution in [0.1, 0.15) is 40.0 Å². The number of nitrogens with zero attached hydrogens (tertiary/aromatic N) is 4. The molecule has 0 bridgehead atoms. The summed E-state index contributed by atoms with van der Waals surface area (Å²) in [6, 6.07) is 6.67. The second-order valence-corrected chi connectivity index (χ2v) is 8.42. The van der Waals surface area contributed by atoms with Crippen molar-refractivity contribution in [2.75, 3.05) is 24.5 Å². The molecule has 1 aliphatic heterocycles. The van der Waals surface area contributed by atoms with Gasteiger partial charge >= 0.3 is 0 Å². The summed E-state index contributed by atoms with van der Waals surface area (Å²) in [7, 11) is 2.14. The molecule has 3 N–H and O–H groups in total. The third-order valence-corrected chi connectivity index (χ3v) is 6.41. The van der Waals surface area contributed by atoms with E-state index in [-0.39, 0.29) is 5.56 Å². The van der Waals surface area contributed by atoms with Crippen molar-refractivity contribution in [3.8, 4) is 0 Å². The van der Waals surface area contributed by atoms with Crippen LogP contribution in [0.4, 0.5) is 5.95 Å². The minimum atomic E-state index is -0.604. The van der Waals surface area contributed by atoms with Crippen LogP contribution in [0.15, 0.2) is 30.6 Å². The van der Waals surface area contributed by atoms with Crippen LogP contribution in [0.25, 0.3) is 10.9 Å². The van der Waals surface area contributed by atoms with Gasteiger partial charge in [0.2, 0.25) is 5.95 Å². The van der Waals surface area contributed by atoms with Gasteiger partial charge in [0.05, 0.1) is 5.56 Å². The standard InChI is InChI=1S/C23H30N6O2/c1-15-4-5-21-19(10-15)20(16(2)28(21)3)14-24-11-17-6-8-29(9-7-17)23-25-12-18(13-26-23)22(30)27-31/h4-5,10,12-13,17,24,31H,6-9,11,14H2,1-3H3,(H,27,30). The van der Waals surface area contributed by atoms with Crippen LogP contribution in [0, 0.1) is 19.8 Å². The Kier molecular flexibility index (Phi) is 6.20. The fourth-order valence-corrected chi connectivity index (χ4v) is 4.39. The summed E-state index contributed by atoms with van der Waals surface area (Å²) in [4.78, 5) is 22.1. The van der Waals surface area contributed by atoms with Crippen molar-refractivity contribution in [1.29, 1.82) is 0 Å². The van der Waals surface area contributed by atoms with Gasteiger partial charge in [-0.05, 0) is 56.8 Å². The number of nitrogens with one attached hydrogen (secondary N) is 2. The third-order valence-electron chi connectivity index (χ3n) is 6.41. The lowest BCUT2D eigenvalue weighted by atomic mass is 9.97. The maximum Gasteiger partial charge on any atom is 0.277 e. The molecule has 1 saturated heterocycles. The predicted molar refractivity (Wildman–Crippen MR) is 120 cm³/mol. The van der Waals surface area contributed by atoms with E-state index in [2.05, 4.69) is 63.8 Å². The van der Waals surface area contributed by atoms with Gasteiger partial charge in [0.1, 0.15) is 0 Å². The summed E-state index contributed by atoms with van der Waals surface area (Å²) < 4.78 is 2.28. The fraction of sp³-hybridized carbons (Fsp3) is 0.435. The smallest absolute Gasteiger partial charge is 0.277 e. The fourth-order valence-electron chi connectivity index (χ4n) is 4.39. The lowest BCUT2D eigenvalue weighted by molar-refractivity contribution is 0.0705. The number of aromatic nitrogens is 3. The van der Waals surface area contributed by atoms with Crippen molar-refractivity contribution in [2.45, 2.75) is 33.2 Å². The molecule has 1 aliphatic rings. The number of hydrogen-bond donors (Lipinski definition) is 3. The summed E-state index contributed by atoms with van der Waals surface area (Å²) in [5.41, 5.74) is 7.12. The quantitative estimate of drug-likeness (QED) is 0.418. The molecule has 0 unspecified atom stereocenters.